The lowest BCUT2D eigenvalue weighted by molar-refractivity contribution is -0.277. The van der Waals surface area contributed by atoms with Gasteiger partial charge in [-0.25, -0.2) is 4.79 Å². The van der Waals surface area contributed by atoms with Crippen LogP contribution in [0, 0.1) is 0 Å². The van der Waals surface area contributed by atoms with Crippen LogP contribution in [0.2, 0.25) is 58.9 Å². The number of carbonyl (C=O) groups excluding carboxylic acids is 1. The Morgan fingerprint density at radius 2 is 1.22 bits per heavy atom. The molecule has 0 saturated heterocycles. The maximum Gasteiger partial charge on any atom is 0.330 e. The summed E-state index contributed by atoms with van der Waals surface area (Å²) in [6.45, 7) is 22.4. The van der Waals surface area contributed by atoms with Crippen molar-refractivity contribution in [3.63, 3.8) is 0 Å². The third-order valence-corrected chi connectivity index (χ3v) is 4.97. The highest BCUT2D eigenvalue weighted by Gasteiger charge is 2.45. The van der Waals surface area contributed by atoms with E-state index in [1.54, 1.807) is 0 Å². The van der Waals surface area contributed by atoms with Gasteiger partial charge in [-0.15, -0.1) is 0 Å². The Bertz CT molecular complexity index is 364. The molecular formula is C15H34O5Si3. The van der Waals surface area contributed by atoms with Gasteiger partial charge in [-0.05, 0) is 58.9 Å². The van der Waals surface area contributed by atoms with Gasteiger partial charge in [0, 0.05) is 6.08 Å². The minimum absolute atomic E-state index is 0.171. The van der Waals surface area contributed by atoms with Crippen LogP contribution in [0.1, 0.15) is 6.42 Å². The normalized spacial score (nSPS) is 13.8. The molecule has 0 amide bonds. The predicted molar refractivity (Wildman–Crippen MR) is 102 cm³/mol. The van der Waals surface area contributed by atoms with Gasteiger partial charge in [0.2, 0.25) is 0 Å². The fraction of sp³-hybridized carbons (Fsp3) is 0.800. The van der Waals surface area contributed by atoms with Crippen molar-refractivity contribution in [3.05, 3.63) is 12.7 Å². The zero-order valence-corrected chi connectivity index (χ0v) is 19.2. The van der Waals surface area contributed by atoms with E-state index in [4.69, 9.17) is 18.0 Å². The first-order valence-electron chi connectivity index (χ1n) is 7.97. The molecule has 5 nitrogen and oxygen atoms in total. The van der Waals surface area contributed by atoms with Crippen molar-refractivity contribution in [1.29, 1.82) is 0 Å². The summed E-state index contributed by atoms with van der Waals surface area (Å²) in [7, 11) is -5.83. The first-order valence-corrected chi connectivity index (χ1v) is 18.2. The number of carbonyl (C=O) groups is 1. The second kappa shape index (κ2) is 8.22. The summed E-state index contributed by atoms with van der Waals surface area (Å²) in [5, 5.41) is 0. The molecule has 0 fully saturated rings. The molecular weight excluding hydrogens is 344 g/mol. The van der Waals surface area contributed by atoms with E-state index >= 15 is 0 Å². The molecule has 0 bridgehead atoms. The van der Waals surface area contributed by atoms with E-state index in [2.05, 4.69) is 65.5 Å². The molecule has 0 rings (SSSR count). The van der Waals surface area contributed by atoms with Crippen molar-refractivity contribution >= 4 is 30.9 Å². The van der Waals surface area contributed by atoms with Gasteiger partial charge in [0.25, 0.3) is 5.97 Å². The number of rotatable bonds is 10. The van der Waals surface area contributed by atoms with E-state index in [-0.39, 0.29) is 6.61 Å². The van der Waals surface area contributed by atoms with Crippen LogP contribution in [-0.2, 0) is 22.8 Å². The Hall–Kier alpha value is -0.259. The number of esters is 1. The van der Waals surface area contributed by atoms with Crippen LogP contribution in [-0.4, -0.2) is 43.5 Å². The molecule has 0 aromatic rings. The monoisotopic (exact) mass is 378 g/mol. The summed E-state index contributed by atoms with van der Waals surface area (Å²) in [4.78, 5) is 11.3. The number of ether oxygens (including phenoxy) is 1. The smallest absolute Gasteiger partial charge is 0.330 e. The second-order valence-corrected chi connectivity index (χ2v) is 21.7. The van der Waals surface area contributed by atoms with Gasteiger partial charge >= 0.3 is 5.97 Å². The maximum atomic E-state index is 11.3. The van der Waals surface area contributed by atoms with Gasteiger partial charge in [0.05, 0.1) is 13.0 Å². The lowest BCUT2D eigenvalue weighted by Crippen LogP contribution is -2.56. The molecule has 0 spiro atoms. The van der Waals surface area contributed by atoms with Crippen LogP contribution in [0.4, 0.5) is 0 Å². The van der Waals surface area contributed by atoms with Gasteiger partial charge in [0.1, 0.15) is 0 Å². The first kappa shape index (κ1) is 22.7. The molecule has 23 heavy (non-hydrogen) atoms. The molecule has 0 aliphatic carbocycles. The summed E-state index contributed by atoms with van der Waals surface area (Å²) in [5.41, 5.74) is 0. The lowest BCUT2D eigenvalue weighted by Gasteiger charge is -2.45. The predicted octanol–water partition coefficient (Wildman–Crippen LogP) is 4.31. The van der Waals surface area contributed by atoms with Gasteiger partial charge in [-0.1, -0.05) is 6.58 Å². The lowest BCUT2D eigenvalue weighted by atomic mass is 10.4. The Morgan fingerprint density at radius 1 is 0.870 bits per heavy atom. The minimum Gasteiger partial charge on any atom is -0.462 e. The topological polar surface area (TPSA) is 54.0 Å². The fourth-order valence-electron chi connectivity index (χ4n) is 1.95. The first-order chi connectivity index (χ1) is 10.1. The standard InChI is InChI=1S/C15H34O5Si3/c1-11-14(16)17-13-12-15(18-21(2,3)4,19-22(5,6)7)20-23(8,9)10/h11H,1,12-13H2,2-10H3. The summed E-state index contributed by atoms with van der Waals surface area (Å²) in [5.74, 6) is -1.59. The van der Waals surface area contributed by atoms with Crippen LogP contribution in [0.3, 0.4) is 0 Å². The van der Waals surface area contributed by atoms with Crippen molar-refractivity contribution in [3.8, 4) is 0 Å². The third-order valence-electron chi connectivity index (χ3n) is 2.20. The van der Waals surface area contributed by atoms with Gasteiger partial charge in [-0.3, -0.25) is 0 Å². The summed E-state index contributed by atoms with van der Waals surface area (Å²) in [6.07, 6.45) is 1.51. The Kier molecular flexibility index (Phi) is 8.12. The number of hydrogen-bond acceptors (Lipinski definition) is 5. The van der Waals surface area contributed by atoms with Crippen molar-refractivity contribution < 1.29 is 22.8 Å². The number of hydrogen-bond donors (Lipinski definition) is 0. The van der Waals surface area contributed by atoms with Crippen molar-refractivity contribution in [1.82, 2.24) is 0 Å². The largest absolute Gasteiger partial charge is 0.462 e. The molecule has 0 aliphatic rings. The molecule has 0 radical (unpaired) electrons. The Balaban J connectivity index is 5.44. The van der Waals surface area contributed by atoms with Crippen LogP contribution in [0.25, 0.3) is 0 Å². The zero-order chi connectivity index (χ0) is 18.5. The highest BCUT2D eigenvalue weighted by Crippen LogP contribution is 2.32. The van der Waals surface area contributed by atoms with Crippen LogP contribution >= 0.6 is 0 Å². The Morgan fingerprint density at radius 3 is 1.48 bits per heavy atom. The molecule has 8 heteroatoms. The van der Waals surface area contributed by atoms with Gasteiger partial charge < -0.3 is 18.0 Å². The van der Waals surface area contributed by atoms with E-state index < -0.39 is 36.9 Å². The molecule has 0 atom stereocenters. The molecule has 0 aromatic carbocycles. The average molecular weight is 379 g/mol. The maximum absolute atomic E-state index is 11.3. The zero-order valence-electron chi connectivity index (χ0n) is 16.2. The quantitative estimate of drug-likeness (QED) is 0.245. The van der Waals surface area contributed by atoms with E-state index in [9.17, 15) is 4.79 Å². The van der Waals surface area contributed by atoms with E-state index in [1.165, 1.54) is 0 Å². The van der Waals surface area contributed by atoms with E-state index in [0.29, 0.717) is 6.42 Å². The summed E-state index contributed by atoms with van der Waals surface area (Å²) in [6, 6.07) is 0. The SMILES string of the molecule is C=CC(=O)OCCC(O[Si](C)(C)C)(O[Si](C)(C)C)O[Si](C)(C)C. The van der Waals surface area contributed by atoms with Crippen LogP contribution in [0.5, 0.6) is 0 Å². The van der Waals surface area contributed by atoms with E-state index in [1.807, 2.05) is 0 Å². The van der Waals surface area contributed by atoms with Gasteiger partial charge in [-0.2, -0.15) is 0 Å². The molecule has 0 aliphatic heterocycles. The third kappa shape index (κ3) is 11.8. The van der Waals surface area contributed by atoms with Crippen molar-refractivity contribution in [2.75, 3.05) is 6.61 Å². The molecule has 0 N–H and O–H groups in total. The Labute approximate surface area is 144 Å². The van der Waals surface area contributed by atoms with Crippen molar-refractivity contribution in [2.24, 2.45) is 0 Å². The van der Waals surface area contributed by atoms with Crippen LogP contribution < -0.4 is 0 Å². The second-order valence-electron chi connectivity index (χ2n) is 8.45. The molecule has 136 valence electrons. The molecule has 0 unspecified atom stereocenters. The van der Waals surface area contributed by atoms with Crippen molar-refractivity contribution in [2.45, 2.75) is 71.3 Å². The fourth-order valence-corrected chi connectivity index (χ4v) is 5.56. The average Bonchev–Trinajstić information content (AvgIpc) is 2.20. The van der Waals surface area contributed by atoms with E-state index in [0.717, 1.165) is 6.08 Å². The van der Waals surface area contributed by atoms with Gasteiger partial charge in [0.15, 0.2) is 25.0 Å². The minimum atomic E-state index is -1.94. The molecule has 0 aromatic heterocycles. The highest BCUT2D eigenvalue weighted by atomic mass is 28.4. The summed E-state index contributed by atoms with van der Waals surface area (Å²) >= 11 is 0. The molecule has 0 heterocycles. The van der Waals surface area contributed by atoms with Crippen LogP contribution in [0.15, 0.2) is 12.7 Å². The highest BCUT2D eigenvalue weighted by molar-refractivity contribution is 6.72. The molecule has 0 saturated carbocycles. The summed E-state index contributed by atoms with van der Waals surface area (Å²) < 4.78 is 24.2.